The smallest absolute Gasteiger partial charge is 0.220 e. The molecular weight excluding hydrogens is 651 g/mol. The summed E-state index contributed by atoms with van der Waals surface area (Å²) in [5.41, 5.74) is 0. The number of nitrogens with one attached hydrogen (secondary N) is 1. The zero-order valence-electron chi connectivity index (χ0n) is 36.6. The van der Waals surface area contributed by atoms with Crippen LogP contribution in [0.25, 0.3) is 0 Å². The first-order valence-electron chi connectivity index (χ1n) is 24.7. The summed E-state index contributed by atoms with van der Waals surface area (Å²) in [4.78, 5) is 12.3. The van der Waals surface area contributed by atoms with Crippen molar-refractivity contribution >= 4 is 5.91 Å². The van der Waals surface area contributed by atoms with Crippen LogP contribution < -0.4 is 5.32 Å². The number of unbranched alkanes of at least 4 members (excludes halogenated alkanes) is 39. The van der Waals surface area contributed by atoms with Crippen LogP contribution in [0, 0.1) is 0 Å². The molecule has 0 aromatic carbocycles. The summed E-state index contributed by atoms with van der Waals surface area (Å²) < 4.78 is 0. The van der Waals surface area contributed by atoms with E-state index in [1.54, 1.807) is 0 Å². The minimum absolute atomic E-state index is 0.0291. The topological polar surface area (TPSA) is 69.6 Å². The second-order valence-corrected chi connectivity index (χ2v) is 17.3. The number of carbonyl (C=O) groups excluding carboxylic acids is 1. The Morgan fingerprint density at radius 3 is 0.849 bits per heavy atom. The second kappa shape index (κ2) is 45.8. The van der Waals surface area contributed by atoms with E-state index in [4.69, 9.17) is 0 Å². The summed E-state index contributed by atoms with van der Waals surface area (Å²) in [6.07, 6.45) is 56.5. The lowest BCUT2D eigenvalue weighted by Crippen LogP contribution is -2.45. The molecule has 0 rings (SSSR count). The molecule has 0 aliphatic rings. The lowest BCUT2D eigenvalue weighted by atomic mass is 10.0. The van der Waals surface area contributed by atoms with Gasteiger partial charge in [-0.25, -0.2) is 0 Å². The minimum atomic E-state index is -0.652. The molecule has 0 aromatic rings. The van der Waals surface area contributed by atoms with Gasteiger partial charge in [0.25, 0.3) is 0 Å². The molecule has 2 atom stereocenters. The average Bonchev–Trinajstić information content (AvgIpc) is 3.16. The normalized spacial score (nSPS) is 12.8. The third-order valence-electron chi connectivity index (χ3n) is 11.9. The van der Waals surface area contributed by atoms with Gasteiger partial charge in [0.1, 0.15) is 0 Å². The van der Waals surface area contributed by atoms with Gasteiger partial charge in [-0.1, -0.05) is 271 Å². The van der Waals surface area contributed by atoms with Gasteiger partial charge in [0.2, 0.25) is 5.91 Å². The Bertz CT molecular complexity index is 685. The molecule has 318 valence electrons. The van der Waals surface area contributed by atoms with Gasteiger partial charge < -0.3 is 15.5 Å². The van der Waals surface area contributed by atoms with E-state index in [0.29, 0.717) is 12.8 Å². The Morgan fingerprint density at radius 1 is 0.377 bits per heavy atom. The molecule has 0 spiro atoms. The standard InChI is InChI=1S/C49H99NO3/c1-3-5-7-9-11-13-15-16-17-18-19-20-21-22-23-24-25-26-27-28-29-30-31-32-33-34-35-36-38-40-42-44-48(52)47(46-51)50-49(53)45-43-41-39-37-14-12-10-8-6-4-2/h47-48,51-52H,3-46H2,1-2H3,(H,50,53). The number of hydrogen-bond acceptors (Lipinski definition) is 3. The van der Waals surface area contributed by atoms with Gasteiger partial charge in [-0.05, 0) is 12.8 Å². The molecule has 0 radical (unpaired) electrons. The van der Waals surface area contributed by atoms with Gasteiger partial charge in [0.05, 0.1) is 18.8 Å². The Labute approximate surface area is 334 Å². The highest BCUT2D eigenvalue weighted by molar-refractivity contribution is 5.76. The highest BCUT2D eigenvalue weighted by Gasteiger charge is 2.20. The number of rotatable bonds is 46. The van der Waals surface area contributed by atoms with E-state index in [-0.39, 0.29) is 12.5 Å². The van der Waals surface area contributed by atoms with Crippen LogP contribution in [0.2, 0.25) is 0 Å². The number of aliphatic hydroxyl groups is 2. The van der Waals surface area contributed by atoms with Crippen molar-refractivity contribution < 1.29 is 15.0 Å². The number of hydrogen-bond donors (Lipinski definition) is 3. The lowest BCUT2D eigenvalue weighted by molar-refractivity contribution is -0.123. The van der Waals surface area contributed by atoms with Crippen LogP contribution >= 0.6 is 0 Å². The van der Waals surface area contributed by atoms with E-state index in [0.717, 1.165) is 25.7 Å². The zero-order chi connectivity index (χ0) is 38.6. The van der Waals surface area contributed by atoms with Gasteiger partial charge in [-0.2, -0.15) is 0 Å². The summed E-state index contributed by atoms with van der Waals surface area (Å²) in [6.45, 7) is 4.37. The molecule has 0 saturated heterocycles. The molecule has 0 fully saturated rings. The quantitative estimate of drug-likeness (QED) is 0.0543. The van der Waals surface area contributed by atoms with Gasteiger partial charge in [0, 0.05) is 6.42 Å². The Kier molecular flexibility index (Phi) is 45.3. The van der Waals surface area contributed by atoms with Crippen molar-refractivity contribution in [1.82, 2.24) is 5.32 Å². The molecule has 0 saturated carbocycles. The highest BCUT2D eigenvalue weighted by Crippen LogP contribution is 2.18. The van der Waals surface area contributed by atoms with Crippen molar-refractivity contribution in [3.05, 3.63) is 0 Å². The van der Waals surface area contributed by atoms with Crippen molar-refractivity contribution in [1.29, 1.82) is 0 Å². The molecule has 4 nitrogen and oxygen atoms in total. The molecule has 3 N–H and O–H groups in total. The summed E-state index contributed by atoms with van der Waals surface area (Å²) in [5.74, 6) is -0.0291. The monoisotopic (exact) mass is 750 g/mol. The predicted octanol–water partition coefficient (Wildman–Crippen LogP) is 15.6. The minimum Gasteiger partial charge on any atom is -0.394 e. The van der Waals surface area contributed by atoms with Gasteiger partial charge in [0.15, 0.2) is 0 Å². The largest absolute Gasteiger partial charge is 0.394 e. The Morgan fingerprint density at radius 2 is 0.604 bits per heavy atom. The van der Waals surface area contributed by atoms with E-state index in [1.807, 2.05) is 0 Å². The third kappa shape index (κ3) is 42.4. The Hall–Kier alpha value is -0.610. The SMILES string of the molecule is CCCCCCCCCCCCCCCCCCCCCCCCCCCCCCCCCC(O)C(CO)NC(=O)CCCCCCCCCCCC. The maximum absolute atomic E-state index is 12.3. The van der Waals surface area contributed by atoms with Crippen molar-refractivity contribution in [3.8, 4) is 0 Å². The Balaban J connectivity index is 3.34. The van der Waals surface area contributed by atoms with E-state index < -0.39 is 12.1 Å². The average molecular weight is 750 g/mol. The van der Waals surface area contributed by atoms with Crippen molar-refractivity contribution in [3.63, 3.8) is 0 Å². The summed E-state index contributed by atoms with van der Waals surface area (Å²) in [6, 6.07) is -0.529. The first kappa shape index (κ1) is 52.4. The fraction of sp³-hybridized carbons (Fsp3) is 0.980. The van der Waals surface area contributed by atoms with Gasteiger partial charge >= 0.3 is 0 Å². The predicted molar refractivity (Wildman–Crippen MR) is 235 cm³/mol. The third-order valence-corrected chi connectivity index (χ3v) is 11.9. The van der Waals surface area contributed by atoms with Crippen molar-refractivity contribution in [2.75, 3.05) is 6.61 Å². The van der Waals surface area contributed by atoms with Crippen molar-refractivity contribution in [2.24, 2.45) is 0 Å². The second-order valence-electron chi connectivity index (χ2n) is 17.3. The molecule has 0 aromatic heterocycles. The highest BCUT2D eigenvalue weighted by atomic mass is 16.3. The lowest BCUT2D eigenvalue weighted by Gasteiger charge is -2.22. The molecular formula is C49H99NO3. The summed E-state index contributed by atoms with van der Waals surface area (Å²) >= 11 is 0. The maximum atomic E-state index is 12.3. The van der Waals surface area contributed by atoms with E-state index in [1.165, 1.54) is 238 Å². The van der Waals surface area contributed by atoms with Crippen LogP contribution in [0.3, 0.4) is 0 Å². The fourth-order valence-corrected chi connectivity index (χ4v) is 8.07. The first-order valence-corrected chi connectivity index (χ1v) is 24.7. The number of carbonyl (C=O) groups is 1. The van der Waals surface area contributed by atoms with Crippen LogP contribution in [0.15, 0.2) is 0 Å². The van der Waals surface area contributed by atoms with E-state index in [9.17, 15) is 15.0 Å². The van der Waals surface area contributed by atoms with Crippen LogP contribution in [0.4, 0.5) is 0 Å². The van der Waals surface area contributed by atoms with Gasteiger partial charge in [-0.15, -0.1) is 0 Å². The number of amides is 1. The van der Waals surface area contributed by atoms with Crippen LogP contribution in [0.5, 0.6) is 0 Å². The molecule has 0 aliphatic carbocycles. The first-order chi connectivity index (χ1) is 26.2. The van der Waals surface area contributed by atoms with Crippen LogP contribution in [-0.2, 0) is 4.79 Å². The molecule has 0 aliphatic heterocycles. The van der Waals surface area contributed by atoms with E-state index in [2.05, 4.69) is 19.2 Å². The molecule has 53 heavy (non-hydrogen) atoms. The zero-order valence-corrected chi connectivity index (χ0v) is 36.6. The molecule has 2 unspecified atom stereocenters. The van der Waals surface area contributed by atoms with Crippen molar-refractivity contribution in [2.45, 2.75) is 302 Å². The van der Waals surface area contributed by atoms with Crippen LogP contribution in [-0.4, -0.2) is 34.9 Å². The van der Waals surface area contributed by atoms with Gasteiger partial charge in [-0.3, -0.25) is 4.79 Å². The summed E-state index contributed by atoms with van der Waals surface area (Å²) in [7, 11) is 0. The summed E-state index contributed by atoms with van der Waals surface area (Å²) in [5, 5.41) is 23.2. The molecule has 1 amide bonds. The molecule has 0 bridgehead atoms. The van der Waals surface area contributed by atoms with Crippen LogP contribution in [0.1, 0.15) is 290 Å². The molecule has 4 heteroatoms. The van der Waals surface area contributed by atoms with E-state index >= 15 is 0 Å². The number of aliphatic hydroxyl groups excluding tert-OH is 2. The maximum Gasteiger partial charge on any atom is 0.220 e. The fourth-order valence-electron chi connectivity index (χ4n) is 8.07. The molecule has 0 heterocycles.